The van der Waals surface area contributed by atoms with Gasteiger partial charge in [-0.15, -0.1) is 10.2 Å². The second-order valence-electron chi connectivity index (χ2n) is 2.07. The quantitative estimate of drug-likeness (QED) is 0.722. The van der Waals surface area contributed by atoms with Crippen molar-refractivity contribution in [2.24, 2.45) is 0 Å². The summed E-state index contributed by atoms with van der Waals surface area (Å²) in [6.45, 7) is 0. The maximum Gasteiger partial charge on any atom is 0.204 e. The van der Waals surface area contributed by atoms with Crippen molar-refractivity contribution in [2.45, 2.75) is 0 Å². The number of hydrogen-bond acceptors (Lipinski definition) is 4. The van der Waals surface area contributed by atoms with Crippen molar-refractivity contribution >= 4 is 15.9 Å². The van der Waals surface area contributed by atoms with Gasteiger partial charge >= 0.3 is 0 Å². The molecule has 2 aromatic heterocycles. The Hall–Kier alpha value is -1.30. The maximum absolute atomic E-state index is 3.87. The fourth-order valence-corrected chi connectivity index (χ4v) is 1.20. The molecule has 0 N–H and O–H groups in total. The lowest BCUT2D eigenvalue weighted by atomic mass is 10.5. The van der Waals surface area contributed by atoms with Gasteiger partial charge in [0.1, 0.15) is 12.7 Å². The summed E-state index contributed by atoms with van der Waals surface area (Å²) >= 11 is 3.24. The highest BCUT2D eigenvalue weighted by Gasteiger charge is 2.01. The summed E-state index contributed by atoms with van der Waals surface area (Å²) in [5, 5.41) is 7.48. The van der Waals surface area contributed by atoms with Gasteiger partial charge in [-0.05, 0) is 15.9 Å². The third kappa shape index (κ3) is 1.20. The van der Waals surface area contributed by atoms with E-state index >= 15 is 0 Å². The van der Waals surface area contributed by atoms with Crippen LogP contribution in [0.5, 0.6) is 0 Å². The second-order valence-corrected chi connectivity index (χ2v) is 2.78. The van der Waals surface area contributed by atoms with E-state index in [1.165, 1.54) is 6.33 Å². The Labute approximate surface area is 76.6 Å². The van der Waals surface area contributed by atoms with Gasteiger partial charge in [-0.25, -0.2) is 9.97 Å². The van der Waals surface area contributed by atoms with Crippen LogP contribution in [-0.4, -0.2) is 24.7 Å². The van der Waals surface area contributed by atoms with Crippen LogP contribution >= 0.6 is 15.9 Å². The summed E-state index contributed by atoms with van der Waals surface area (Å²) in [6.07, 6.45) is 6.42. The van der Waals surface area contributed by atoms with Gasteiger partial charge in [0.15, 0.2) is 0 Å². The SMILES string of the molecule is Brc1nncn1-c1cncnc1. The average Bonchev–Trinajstić information content (AvgIpc) is 2.53. The summed E-state index contributed by atoms with van der Waals surface area (Å²) in [5.41, 5.74) is 0.828. The van der Waals surface area contributed by atoms with Crippen LogP contribution in [0, 0.1) is 0 Å². The monoisotopic (exact) mass is 225 g/mol. The fraction of sp³-hybridized carbons (Fsp3) is 0. The van der Waals surface area contributed by atoms with Gasteiger partial charge in [0.05, 0.1) is 18.1 Å². The molecule has 0 bridgehead atoms. The van der Waals surface area contributed by atoms with Crippen LogP contribution in [0.1, 0.15) is 0 Å². The molecule has 0 radical (unpaired) electrons. The summed E-state index contributed by atoms with van der Waals surface area (Å²) in [7, 11) is 0. The van der Waals surface area contributed by atoms with E-state index in [9.17, 15) is 0 Å². The molecule has 0 atom stereocenters. The Bertz CT molecular complexity index is 370. The summed E-state index contributed by atoms with van der Waals surface area (Å²) in [5.74, 6) is 0. The molecule has 0 unspecified atom stereocenters. The van der Waals surface area contributed by atoms with Gasteiger partial charge in [0.2, 0.25) is 4.73 Å². The average molecular weight is 226 g/mol. The van der Waals surface area contributed by atoms with E-state index in [0.29, 0.717) is 4.73 Å². The van der Waals surface area contributed by atoms with E-state index in [1.54, 1.807) is 23.3 Å². The molecule has 0 aromatic carbocycles. The standard InChI is InChI=1S/C6H4BrN5/c7-6-11-10-4-12(6)5-1-8-3-9-2-5/h1-4H. The minimum atomic E-state index is 0.636. The molecule has 0 spiro atoms. The molecule has 2 aromatic rings. The van der Waals surface area contributed by atoms with Crippen molar-refractivity contribution in [3.63, 3.8) is 0 Å². The van der Waals surface area contributed by atoms with Crippen LogP contribution in [0.3, 0.4) is 0 Å². The Balaban J connectivity index is 2.51. The van der Waals surface area contributed by atoms with Crippen molar-refractivity contribution in [2.75, 3.05) is 0 Å². The van der Waals surface area contributed by atoms with Crippen molar-refractivity contribution in [1.29, 1.82) is 0 Å². The molecular formula is C6H4BrN5. The summed E-state index contributed by atoms with van der Waals surface area (Å²) in [4.78, 5) is 7.75. The molecule has 2 rings (SSSR count). The molecule has 0 aliphatic carbocycles. The van der Waals surface area contributed by atoms with E-state index in [0.717, 1.165) is 5.69 Å². The molecule has 2 heterocycles. The first-order valence-electron chi connectivity index (χ1n) is 3.19. The Morgan fingerprint density at radius 2 is 2.00 bits per heavy atom. The molecule has 12 heavy (non-hydrogen) atoms. The highest BCUT2D eigenvalue weighted by Crippen LogP contribution is 2.10. The normalized spacial score (nSPS) is 10.1. The first-order valence-corrected chi connectivity index (χ1v) is 3.98. The van der Waals surface area contributed by atoms with Crippen LogP contribution in [0.4, 0.5) is 0 Å². The molecule has 6 heteroatoms. The predicted molar refractivity (Wildman–Crippen MR) is 44.6 cm³/mol. The largest absolute Gasteiger partial charge is 0.273 e. The number of rotatable bonds is 1. The predicted octanol–water partition coefficient (Wildman–Crippen LogP) is 0.820. The highest BCUT2D eigenvalue weighted by molar-refractivity contribution is 9.10. The van der Waals surface area contributed by atoms with E-state index in [2.05, 4.69) is 36.1 Å². The van der Waals surface area contributed by atoms with Gasteiger partial charge < -0.3 is 0 Å². The lowest BCUT2D eigenvalue weighted by Gasteiger charge is -1.98. The topological polar surface area (TPSA) is 56.5 Å². The van der Waals surface area contributed by atoms with Gasteiger partial charge in [0, 0.05) is 0 Å². The first kappa shape index (κ1) is 7.35. The van der Waals surface area contributed by atoms with Gasteiger partial charge in [0.25, 0.3) is 0 Å². The maximum atomic E-state index is 3.87. The van der Waals surface area contributed by atoms with Gasteiger partial charge in [-0.2, -0.15) is 0 Å². The Kier molecular flexibility index (Phi) is 1.83. The first-order chi connectivity index (χ1) is 5.88. The molecule has 0 aliphatic heterocycles. The van der Waals surface area contributed by atoms with Crippen LogP contribution in [0.25, 0.3) is 5.69 Å². The minimum absolute atomic E-state index is 0.636. The van der Waals surface area contributed by atoms with Crippen molar-refractivity contribution < 1.29 is 0 Å². The third-order valence-corrected chi connectivity index (χ3v) is 1.87. The number of aromatic nitrogens is 5. The third-order valence-electron chi connectivity index (χ3n) is 1.33. The van der Waals surface area contributed by atoms with E-state index in [4.69, 9.17) is 0 Å². The molecule has 60 valence electrons. The number of hydrogen-bond donors (Lipinski definition) is 0. The Morgan fingerprint density at radius 3 is 2.58 bits per heavy atom. The van der Waals surface area contributed by atoms with Crippen LogP contribution < -0.4 is 0 Å². The zero-order valence-electron chi connectivity index (χ0n) is 5.92. The van der Waals surface area contributed by atoms with Crippen LogP contribution in [0.15, 0.2) is 29.8 Å². The van der Waals surface area contributed by atoms with Crippen molar-refractivity contribution in [1.82, 2.24) is 24.7 Å². The zero-order chi connectivity index (χ0) is 8.39. The highest BCUT2D eigenvalue weighted by atomic mass is 79.9. The van der Waals surface area contributed by atoms with E-state index in [1.807, 2.05) is 0 Å². The lowest BCUT2D eigenvalue weighted by molar-refractivity contribution is 0.977. The second kappa shape index (κ2) is 2.98. The molecule has 0 saturated carbocycles. The summed E-state index contributed by atoms with van der Waals surface area (Å²) in [6, 6.07) is 0. The zero-order valence-corrected chi connectivity index (χ0v) is 7.51. The van der Waals surface area contributed by atoms with Crippen molar-refractivity contribution in [3.05, 3.63) is 29.8 Å². The molecule has 0 aliphatic rings. The van der Waals surface area contributed by atoms with Gasteiger partial charge in [-0.3, -0.25) is 4.57 Å². The number of halogens is 1. The number of nitrogens with zero attached hydrogens (tertiary/aromatic N) is 5. The van der Waals surface area contributed by atoms with Gasteiger partial charge in [-0.1, -0.05) is 0 Å². The molecule has 0 fully saturated rings. The Morgan fingerprint density at radius 1 is 1.25 bits per heavy atom. The van der Waals surface area contributed by atoms with Crippen molar-refractivity contribution in [3.8, 4) is 5.69 Å². The smallest absolute Gasteiger partial charge is 0.204 e. The molecule has 0 saturated heterocycles. The fourth-order valence-electron chi connectivity index (χ4n) is 0.810. The molecule has 0 amide bonds. The van der Waals surface area contributed by atoms with Crippen LogP contribution in [0.2, 0.25) is 0 Å². The van der Waals surface area contributed by atoms with E-state index < -0.39 is 0 Å². The van der Waals surface area contributed by atoms with Crippen LogP contribution in [-0.2, 0) is 0 Å². The minimum Gasteiger partial charge on any atom is -0.273 e. The summed E-state index contributed by atoms with van der Waals surface area (Å²) < 4.78 is 2.37. The molecule has 5 nitrogen and oxygen atoms in total. The lowest BCUT2D eigenvalue weighted by Crippen LogP contribution is -1.93. The molecular weight excluding hydrogens is 222 g/mol. The van der Waals surface area contributed by atoms with E-state index in [-0.39, 0.29) is 0 Å².